The zero-order valence-electron chi connectivity index (χ0n) is 17.2. The first kappa shape index (κ1) is 21.3. The molecule has 2 atom stereocenters. The molecule has 1 aliphatic rings. The number of hydrogen-bond donors (Lipinski definition) is 1. The number of carbonyl (C=O) groups is 1. The fourth-order valence-corrected chi connectivity index (χ4v) is 4.18. The number of hydrogen-bond acceptors (Lipinski definition) is 6. The van der Waals surface area contributed by atoms with Crippen LogP contribution in [0.15, 0.2) is 21.1 Å². The molecular formula is C21H27ClN4O3. The molecule has 7 nitrogen and oxygen atoms in total. The molecule has 156 valence electrons. The second kappa shape index (κ2) is 8.16. The van der Waals surface area contributed by atoms with Crippen LogP contribution in [0.2, 0.25) is 0 Å². The summed E-state index contributed by atoms with van der Waals surface area (Å²) in [7, 11) is 0. The molecule has 0 radical (unpaired) electrons. The number of carbonyl (C=O) groups excluding carboxylic acids is 1. The smallest absolute Gasteiger partial charge is 0.259 e. The number of furan rings is 1. The summed E-state index contributed by atoms with van der Waals surface area (Å²) in [4.78, 5) is 20.1. The van der Waals surface area contributed by atoms with Gasteiger partial charge >= 0.3 is 0 Å². The van der Waals surface area contributed by atoms with Crippen molar-refractivity contribution < 1.29 is 13.7 Å². The van der Waals surface area contributed by atoms with Gasteiger partial charge in [0.2, 0.25) is 0 Å². The molecule has 2 unspecified atom stereocenters. The molecule has 2 N–H and O–H groups in total. The Morgan fingerprint density at radius 1 is 1.31 bits per heavy atom. The Hall–Kier alpha value is -2.38. The van der Waals surface area contributed by atoms with Crippen LogP contribution in [0, 0.1) is 26.7 Å². The molecule has 1 aliphatic heterocycles. The van der Waals surface area contributed by atoms with E-state index >= 15 is 0 Å². The van der Waals surface area contributed by atoms with E-state index < -0.39 is 0 Å². The van der Waals surface area contributed by atoms with Crippen molar-refractivity contribution in [1.29, 1.82) is 0 Å². The quantitative estimate of drug-likeness (QED) is 0.689. The van der Waals surface area contributed by atoms with Crippen molar-refractivity contribution in [2.24, 2.45) is 11.7 Å². The number of fused-ring (bicyclic) bond motifs is 1. The summed E-state index contributed by atoms with van der Waals surface area (Å²) in [5.74, 6) is 2.08. The van der Waals surface area contributed by atoms with E-state index in [0.29, 0.717) is 47.1 Å². The van der Waals surface area contributed by atoms with E-state index in [1.54, 1.807) is 0 Å². The Morgan fingerprint density at radius 3 is 2.72 bits per heavy atom. The van der Waals surface area contributed by atoms with E-state index in [-0.39, 0.29) is 24.4 Å². The van der Waals surface area contributed by atoms with Crippen molar-refractivity contribution in [3.05, 3.63) is 34.9 Å². The number of aromatic nitrogens is 2. The van der Waals surface area contributed by atoms with E-state index in [1.165, 1.54) is 0 Å². The molecule has 3 aromatic heterocycles. The predicted octanol–water partition coefficient (Wildman–Crippen LogP) is 4.03. The topological polar surface area (TPSA) is 98.4 Å². The maximum Gasteiger partial charge on any atom is 0.259 e. The summed E-state index contributed by atoms with van der Waals surface area (Å²) in [5.41, 5.74) is 9.08. The zero-order valence-corrected chi connectivity index (χ0v) is 18.0. The van der Waals surface area contributed by atoms with Gasteiger partial charge in [-0.05, 0) is 51.7 Å². The lowest BCUT2D eigenvalue weighted by atomic mass is 9.91. The van der Waals surface area contributed by atoms with Crippen molar-refractivity contribution in [1.82, 2.24) is 15.0 Å². The second-order valence-electron chi connectivity index (χ2n) is 7.85. The minimum atomic E-state index is -0.0415. The molecular weight excluding hydrogens is 392 g/mol. The summed E-state index contributed by atoms with van der Waals surface area (Å²) < 4.78 is 11.1. The van der Waals surface area contributed by atoms with Gasteiger partial charge < -0.3 is 19.6 Å². The average Bonchev–Trinajstić information content (AvgIpc) is 3.22. The molecule has 3 aromatic rings. The van der Waals surface area contributed by atoms with Crippen molar-refractivity contribution in [3.63, 3.8) is 0 Å². The van der Waals surface area contributed by atoms with Gasteiger partial charge in [0.05, 0.1) is 22.3 Å². The highest BCUT2D eigenvalue weighted by Crippen LogP contribution is 2.32. The summed E-state index contributed by atoms with van der Waals surface area (Å²) >= 11 is 0. The van der Waals surface area contributed by atoms with Crippen LogP contribution in [0.3, 0.4) is 0 Å². The highest BCUT2D eigenvalue weighted by Gasteiger charge is 2.32. The highest BCUT2D eigenvalue weighted by molar-refractivity contribution is 6.07. The summed E-state index contributed by atoms with van der Waals surface area (Å²) in [5, 5.41) is 4.71. The van der Waals surface area contributed by atoms with Crippen LogP contribution in [0.1, 0.15) is 47.3 Å². The normalized spacial score (nSPS) is 19.4. The first-order valence-electron chi connectivity index (χ1n) is 9.74. The lowest BCUT2D eigenvalue weighted by Gasteiger charge is -2.38. The van der Waals surface area contributed by atoms with Crippen molar-refractivity contribution in [2.75, 3.05) is 13.1 Å². The highest BCUT2D eigenvalue weighted by atomic mass is 35.5. The number of halogens is 1. The Bertz CT molecular complexity index is 1040. The molecule has 4 rings (SSSR count). The third-order valence-electron chi connectivity index (χ3n) is 5.68. The molecule has 29 heavy (non-hydrogen) atoms. The summed E-state index contributed by atoms with van der Waals surface area (Å²) in [6.45, 7) is 8.98. The van der Waals surface area contributed by atoms with Crippen LogP contribution < -0.4 is 5.73 Å². The fourth-order valence-electron chi connectivity index (χ4n) is 4.18. The Kier molecular flexibility index (Phi) is 6.00. The maximum atomic E-state index is 13.6. The van der Waals surface area contributed by atoms with Crippen LogP contribution >= 0.6 is 12.4 Å². The van der Waals surface area contributed by atoms with E-state index in [4.69, 9.17) is 14.7 Å². The third-order valence-corrected chi connectivity index (χ3v) is 5.68. The maximum absolute atomic E-state index is 13.6. The van der Waals surface area contributed by atoms with Gasteiger partial charge in [-0.3, -0.25) is 4.79 Å². The Balaban J connectivity index is 0.00000240. The Morgan fingerprint density at radius 2 is 2.07 bits per heavy atom. The minimum Gasteiger partial charge on any atom is -0.466 e. The first-order valence-corrected chi connectivity index (χ1v) is 9.74. The number of pyridine rings is 1. The van der Waals surface area contributed by atoms with Crippen LogP contribution in [-0.2, 0) is 0 Å². The van der Waals surface area contributed by atoms with Gasteiger partial charge in [-0.25, -0.2) is 4.98 Å². The molecule has 1 fully saturated rings. The standard InChI is InChI=1S/C21H26N4O3.ClH/c1-11-5-6-25(15(7-11)10-22)21(26)17-9-18(16-8-12(2)27-14(16)4)23-20-19(17)13(3)24-28-20;/h8-9,11,15H,5-7,10,22H2,1-4H3;1H. The predicted molar refractivity (Wildman–Crippen MR) is 113 cm³/mol. The minimum absolute atomic E-state index is 0. The van der Waals surface area contributed by atoms with E-state index in [9.17, 15) is 4.79 Å². The second-order valence-corrected chi connectivity index (χ2v) is 7.85. The van der Waals surface area contributed by atoms with Crippen molar-refractivity contribution in [2.45, 2.75) is 46.6 Å². The molecule has 0 saturated carbocycles. The molecule has 0 bridgehead atoms. The molecule has 4 heterocycles. The number of aryl methyl sites for hydroxylation is 3. The van der Waals surface area contributed by atoms with Gasteiger partial charge in [0.25, 0.3) is 11.6 Å². The molecule has 1 amide bonds. The number of nitrogens with zero attached hydrogens (tertiary/aromatic N) is 3. The van der Waals surface area contributed by atoms with Crippen molar-refractivity contribution in [3.8, 4) is 11.3 Å². The molecule has 1 saturated heterocycles. The lowest BCUT2D eigenvalue weighted by molar-refractivity contribution is 0.0575. The summed E-state index contributed by atoms with van der Waals surface area (Å²) in [6, 6.07) is 3.80. The van der Waals surface area contributed by atoms with Gasteiger partial charge in [0.15, 0.2) is 0 Å². The Labute approximate surface area is 176 Å². The average molecular weight is 419 g/mol. The number of rotatable bonds is 3. The summed E-state index contributed by atoms with van der Waals surface area (Å²) in [6.07, 6.45) is 1.90. The largest absolute Gasteiger partial charge is 0.466 e. The van der Waals surface area contributed by atoms with Gasteiger partial charge in [0.1, 0.15) is 11.5 Å². The number of amides is 1. The van der Waals surface area contributed by atoms with Gasteiger partial charge in [-0.2, -0.15) is 0 Å². The van der Waals surface area contributed by atoms with Gasteiger partial charge in [-0.1, -0.05) is 12.1 Å². The van der Waals surface area contributed by atoms with Crippen LogP contribution in [0.5, 0.6) is 0 Å². The van der Waals surface area contributed by atoms with Gasteiger partial charge in [-0.15, -0.1) is 12.4 Å². The molecule has 8 heteroatoms. The monoisotopic (exact) mass is 418 g/mol. The molecule has 0 spiro atoms. The first-order chi connectivity index (χ1) is 13.4. The zero-order chi connectivity index (χ0) is 20.0. The van der Waals surface area contributed by atoms with E-state index in [2.05, 4.69) is 17.1 Å². The third kappa shape index (κ3) is 3.76. The van der Waals surface area contributed by atoms with Crippen LogP contribution in [0.4, 0.5) is 0 Å². The molecule has 0 aliphatic carbocycles. The number of nitrogens with two attached hydrogens (primary N) is 1. The van der Waals surface area contributed by atoms with E-state index in [0.717, 1.165) is 29.9 Å². The fraction of sp³-hybridized carbons (Fsp3) is 0.476. The van der Waals surface area contributed by atoms with Gasteiger partial charge in [0, 0.05) is 24.7 Å². The van der Waals surface area contributed by atoms with Crippen LogP contribution in [-0.4, -0.2) is 40.1 Å². The van der Waals surface area contributed by atoms with E-state index in [1.807, 2.05) is 37.8 Å². The number of piperidine rings is 1. The lowest BCUT2D eigenvalue weighted by Crippen LogP contribution is -2.49. The number of likely N-dealkylation sites (tertiary alicyclic amines) is 1. The SMILES string of the molecule is Cc1cc(-c2cc(C(=O)N3CCC(C)CC3CN)c3c(C)noc3n2)c(C)o1.Cl. The molecule has 0 aromatic carbocycles. The van der Waals surface area contributed by atoms with Crippen LogP contribution in [0.25, 0.3) is 22.4 Å². The van der Waals surface area contributed by atoms with Crippen molar-refractivity contribution >= 4 is 29.4 Å².